The van der Waals surface area contributed by atoms with Gasteiger partial charge in [-0.3, -0.25) is 14.9 Å². The molecule has 0 fully saturated rings. The normalized spacial score (nSPS) is 14.0. The van der Waals surface area contributed by atoms with Gasteiger partial charge in [-0.05, 0) is 12.2 Å². The van der Waals surface area contributed by atoms with Gasteiger partial charge >= 0.3 is 5.69 Å². The minimum Gasteiger partial charge on any atom is -0.478 e. The van der Waals surface area contributed by atoms with Crippen molar-refractivity contribution in [1.82, 2.24) is 0 Å². The van der Waals surface area contributed by atoms with Crippen molar-refractivity contribution >= 4 is 17.5 Å². The largest absolute Gasteiger partial charge is 0.478 e. The van der Waals surface area contributed by atoms with E-state index in [0.717, 1.165) is 0 Å². The van der Waals surface area contributed by atoms with Crippen LogP contribution in [0.4, 0.5) is 5.69 Å². The first-order chi connectivity index (χ1) is 7.18. The molecule has 0 aliphatic carbocycles. The second kappa shape index (κ2) is 3.53. The third-order valence-corrected chi connectivity index (χ3v) is 2.03. The molecule has 0 amide bonds. The van der Waals surface area contributed by atoms with Crippen LogP contribution < -0.4 is 4.74 Å². The summed E-state index contributed by atoms with van der Waals surface area (Å²) in [5, 5.41) is 10.7. The number of rotatable bonds is 1. The molecule has 1 aromatic rings. The molecule has 0 saturated carbocycles. The molecule has 0 radical (unpaired) electrons. The number of carbonyl (C=O) groups is 1. The standard InChI is InChI=1S/C10H7NO4/c12-8-5-4-7-2-1-3-9(11(13)14)10(7)15-6-8/h1-5H,6H2. The third kappa shape index (κ3) is 1.71. The van der Waals surface area contributed by atoms with Crippen LogP contribution in [-0.2, 0) is 4.79 Å². The van der Waals surface area contributed by atoms with Crippen LogP contribution in [0.25, 0.3) is 6.08 Å². The van der Waals surface area contributed by atoms with Crippen LogP contribution in [0.2, 0.25) is 0 Å². The van der Waals surface area contributed by atoms with E-state index in [1.165, 1.54) is 18.2 Å². The molecule has 0 atom stereocenters. The minimum atomic E-state index is -0.525. The fourth-order valence-electron chi connectivity index (χ4n) is 1.35. The number of carbonyl (C=O) groups excluding carboxylic acids is 1. The first kappa shape index (κ1) is 9.39. The van der Waals surface area contributed by atoms with E-state index in [9.17, 15) is 14.9 Å². The summed E-state index contributed by atoms with van der Waals surface area (Å²) in [6.45, 7) is -0.158. The number of ether oxygens (including phenoxy) is 1. The Labute approximate surface area is 85.1 Å². The van der Waals surface area contributed by atoms with Gasteiger partial charge in [-0.15, -0.1) is 0 Å². The number of hydrogen-bond acceptors (Lipinski definition) is 4. The Morgan fingerprint density at radius 1 is 1.33 bits per heavy atom. The number of fused-ring (bicyclic) bond motifs is 1. The Balaban J connectivity index is 2.55. The molecule has 0 unspecified atom stereocenters. The van der Waals surface area contributed by atoms with Gasteiger partial charge in [-0.25, -0.2) is 0 Å². The van der Waals surface area contributed by atoms with Crippen molar-refractivity contribution in [3.63, 3.8) is 0 Å². The quantitative estimate of drug-likeness (QED) is 0.515. The van der Waals surface area contributed by atoms with Gasteiger partial charge in [0.05, 0.1) is 4.92 Å². The fourth-order valence-corrected chi connectivity index (χ4v) is 1.35. The average Bonchev–Trinajstić information content (AvgIpc) is 2.40. The Bertz CT molecular complexity index is 464. The van der Waals surface area contributed by atoms with Crippen LogP contribution in [0.15, 0.2) is 24.3 Å². The van der Waals surface area contributed by atoms with E-state index in [4.69, 9.17) is 4.74 Å². The summed E-state index contributed by atoms with van der Waals surface area (Å²) in [6, 6.07) is 4.57. The van der Waals surface area contributed by atoms with Crippen LogP contribution >= 0.6 is 0 Å². The first-order valence-electron chi connectivity index (χ1n) is 4.29. The lowest BCUT2D eigenvalue weighted by atomic mass is 10.1. The Morgan fingerprint density at radius 2 is 2.13 bits per heavy atom. The van der Waals surface area contributed by atoms with E-state index >= 15 is 0 Å². The number of para-hydroxylation sites is 1. The average molecular weight is 205 g/mol. The van der Waals surface area contributed by atoms with E-state index in [0.29, 0.717) is 5.56 Å². The molecule has 0 aromatic heterocycles. The second-order valence-corrected chi connectivity index (χ2v) is 3.04. The fraction of sp³-hybridized carbons (Fsp3) is 0.100. The summed E-state index contributed by atoms with van der Waals surface area (Å²) in [5.74, 6) is -0.0508. The highest BCUT2D eigenvalue weighted by Crippen LogP contribution is 2.32. The molecule has 5 heteroatoms. The van der Waals surface area contributed by atoms with Crippen molar-refractivity contribution < 1.29 is 14.5 Å². The summed E-state index contributed by atoms with van der Waals surface area (Å²) < 4.78 is 5.10. The van der Waals surface area contributed by atoms with E-state index in [1.807, 2.05) is 0 Å². The topological polar surface area (TPSA) is 69.4 Å². The van der Waals surface area contributed by atoms with E-state index in [2.05, 4.69) is 0 Å². The van der Waals surface area contributed by atoms with E-state index in [1.54, 1.807) is 12.1 Å². The van der Waals surface area contributed by atoms with Gasteiger partial charge in [0, 0.05) is 11.6 Å². The lowest BCUT2D eigenvalue weighted by molar-refractivity contribution is -0.385. The van der Waals surface area contributed by atoms with Gasteiger partial charge < -0.3 is 4.74 Å². The van der Waals surface area contributed by atoms with Crippen LogP contribution in [-0.4, -0.2) is 17.3 Å². The maximum absolute atomic E-state index is 11.1. The van der Waals surface area contributed by atoms with Gasteiger partial charge in [0.2, 0.25) is 5.75 Å². The molecule has 76 valence electrons. The highest BCUT2D eigenvalue weighted by Gasteiger charge is 2.20. The van der Waals surface area contributed by atoms with Crippen molar-refractivity contribution in [2.45, 2.75) is 0 Å². The number of nitro benzene ring substituents is 1. The Kier molecular flexibility index (Phi) is 2.21. The summed E-state index contributed by atoms with van der Waals surface area (Å²) in [4.78, 5) is 21.2. The SMILES string of the molecule is O=C1C=Cc2cccc([N+](=O)[O-])c2OC1. The molecule has 0 spiro atoms. The third-order valence-electron chi connectivity index (χ3n) is 2.03. The first-order valence-corrected chi connectivity index (χ1v) is 4.29. The van der Waals surface area contributed by atoms with Crippen LogP contribution in [0.5, 0.6) is 5.75 Å². The predicted molar refractivity (Wildman–Crippen MR) is 52.6 cm³/mol. The molecule has 2 rings (SSSR count). The van der Waals surface area contributed by atoms with E-state index in [-0.39, 0.29) is 23.8 Å². The Morgan fingerprint density at radius 3 is 2.87 bits per heavy atom. The number of ketones is 1. The molecule has 5 nitrogen and oxygen atoms in total. The molecule has 15 heavy (non-hydrogen) atoms. The zero-order valence-corrected chi connectivity index (χ0v) is 7.67. The van der Waals surface area contributed by atoms with E-state index < -0.39 is 4.92 Å². The van der Waals surface area contributed by atoms with Gasteiger partial charge in [-0.1, -0.05) is 12.1 Å². The molecule has 1 aromatic carbocycles. The molecule has 1 aliphatic heterocycles. The molecule has 0 N–H and O–H groups in total. The number of hydrogen-bond donors (Lipinski definition) is 0. The Hall–Kier alpha value is -2.17. The number of nitro groups is 1. The summed E-state index contributed by atoms with van der Waals surface area (Å²) in [7, 11) is 0. The highest BCUT2D eigenvalue weighted by atomic mass is 16.6. The maximum Gasteiger partial charge on any atom is 0.311 e. The number of nitrogens with zero attached hydrogens (tertiary/aromatic N) is 1. The summed E-state index contributed by atoms with van der Waals surface area (Å²) in [5.41, 5.74) is 0.432. The lowest BCUT2D eigenvalue weighted by Crippen LogP contribution is -2.07. The molecule has 0 saturated heterocycles. The van der Waals surface area contributed by atoms with Crippen molar-refractivity contribution in [3.8, 4) is 5.75 Å². The summed E-state index contributed by atoms with van der Waals surface area (Å²) >= 11 is 0. The van der Waals surface area contributed by atoms with Crippen LogP contribution in [0.3, 0.4) is 0 Å². The molecule has 1 aliphatic rings. The van der Waals surface area contributed by atoms with Crippen molar-refractivity contribution in [3.05, 3.63) is 40.0 Å². The lowest BCUT2D eigenvalue weighted by Gasteiger charge is -2.05. The minimum absolute atomic E-state index is 0.119. The zero-order chi connectivity index (χ0) is 10.8. The second-order valence-electron chi connectivity index (χ2n) is 3.04. The summed E-state index contributed by atoms with van der Waals surface area (Å²) in [6.07, 6.45) is 2.88. The number of benzene rings is 1. The maximum atomic E-state index is 11.1. The van der Waals surface area contributed by atoms with Crippen molar-refractivity contribution in [2.75, 3.05) is 6.61 Å². The van der Waals surface area contributed by atoms with Crippen LogP contribution in [0, 0.1) is 10.1 Å². The predicted octanol–water partition coefficient (Wildman–Crippen LogP) is 1.57. The van der Waals surface area contributed by atoms with Crippen LogP contribution in [0.1, 0.15) is 5.56 Å². The van der Waals surface area contributed by atoms with Gasteiger partial charge in [0.25, 0.3) is 0 Å². The smallest absolute Gasteiger partial charge is 0.311 e. The molecular weight excluding hydrogens is 198 g/mol. The van der Waals surface area contributed by atoms with Crippen molar-refractivity contribution in [1.29, 1.82) is 0 Å². The van der Waals surface area contributed by atoms with Gasteiger partial charge in [0.15, 0.2) is 12.4 Å². The highest BCUT2D eigenvalue weighted by molar-refractivity contribution is 5.96. The molecule has 1 heterocycles. The van der Waals surface area contributed by atoms with Crippen molar-refractivity contribution in [2.24, 2.45) is 0 Å². The van der Waals surface area contributed by atoms with Gasteiger partial charge in [-0.2, -0.15) is 0 Å². The monoisotopic (exact) mass is 205 g/mol. The molecular formula is C10H7NO4. The molecule has 0 bridgehead atoms. The zero-order valence-electron chi connectivity index (χ0n) is 7.67. The van der Waals surface area contributed by atoms with Gasteiger partial charge in [0.1, 0.15) is 0 Å².